The normalized spacial score (nSPS) is 16.8. The predicted molar refractivity (Wildman–Crippen MR) is 102 cm³/mol. The number of H-pyrrole nitrogens is 1. The molecule has 1 fully saturated rings. The van der Waals surface area contributed by atoms with Crippen molar-refractivity contribution in [2.45, 2.75) is 30.7 Å². The van der Waals surface area contributed by atoms with Crippen molar-refractivity contribution >= 4 is 15.9 Å². The van der Waals surface area contributed by atoms with Crippen LogP contribution in [0.25, 0.3) is 0 Å². The maximum atomic E-state index is 12.7. The number of hydrogen-bond acceptors (Lipinski definition) is 4. The third-order valence-electron chi connectivity index (χ3n) is 4.59. The van der Waals surface area contributed by atoms with Gasteiger partial charge < -0.3 is 15.0 Å². The van der Waals surface area contributed by atoms with E-state index in [0.717, 1.165) is 18.4 Å². The molecule has 7 nitrogen and oxygen atoms in total. The minimum Gasteiger partial charge on any atom is -0.379 e. The van der Waals surface area contributed by atoms with E-state index in [1.807, 2.05) is 30.3 Å². The molecule has 1 aromatic heterocycles. The maximum Gasteiger partial charge on any atom is 0.268 e. The van der Waals surface area contributed by atoms with Crippen LogP contribution in [0.1, 0.15) is 41.9 Å². The second-order valence-corrected chi connectivity index (χ2v) is 8.43. The largest absolute Gasteiger partial charge is 0.379 e. The lowest BCUT2D eigenvalue weighted by Gasteiger charge is -2.25. The molecule has 1 aliphatic rings. The van der Waals surface area contributed by atoms with Crippen molar-refractivity contribution in [1.82, 2.24) is 14.6 Å². The van der Waals surface area contributed by atoms with E-state index in [1.54, 1.807) is 0 Å². The van der Waals surface area contributed by atoms with Gasteiger partial charge >= 0.3 is 0 Å². The van der Waals surface area contributed by atoms with Gasteiger partial charge in [-0.15, -0.1) is 0 Å². The molecule has 0 aliphatic carbocycles. The average Bonchev–Trinajstić information content (AvgIpc) is 3.20. The molecule has 1 amide bonds. The van der Waals surface area contributed by atoms with Gasteiger partial charge in [0.25, 0.3) is 5.91 Å². The van der Waals surface area contributed by atoms with Crippen molar-refractivity contribution in [3.8, 4) is 0 Å². The van der Waals surface area contributed by atoms with Gasteiger partial charge in [0, 0.05) is 19.3 Å². The SMILES string of the molecule is CCCC(NC(=O)c1cc(S(=O)(=O)N2CCOCC2)c[nH]1)c1ccccc1. The van der Waals surface area contributed by atoms with E-state index in [2.05, 4.69) is 17.2 Å². The molecule has 1 atom stereocenters. The molecule has 0 bridgehead atoms. The van der Waals surface area contributed by atoms with Gasteiger partial charge in [0.15, 0.2) is 0 Å². The van der Waals surface area contributed by atoms with Gasteiger partial charge in [-0.1, -0.05) is 43.7 Å². The fraction of sp³-hybridized carbons (Fsp3) is 0.421. The van der Waals surface area contributed by atoms with Crippen LogP contribution in [0.5, 0.6) is 0 Å². The number of nitrogens with zero attached hydrogens (tertiary/aromatic N) is 1. The molecule has 0 radical (unpaired) electrons. The van der Waals surface area contributed by atoms with Crippen LogP contribution in [-0.2, 0) is 14.8 Å². The Kier molecular flexibility index (Phi) is 6.30. The summed E-state index contributed by atoms with van der Waals surface area (Å²) in [6.45, 7) is 3.46. The van der Waals surface area contributed by atoms with Gasteiger partial charge in [-0.2, -0.15) is 4.31 Å². The molecular formula is C19H25N3O4S. The summed E-state index contributed by atoms with van der Waals surface area (Å²) in [5, 5.41) is 3.00. The standard InChI is InChI=1S/C19H25N3O4S/c1-2-6-17(15-7-4-3-5-8-15)21-19(23)18-13-16(14-20-18)27(24,25)22-9-11-26-12-10-22/h3-5,7-8,13-14,17,20H,2,6,9-12H2,1H3,(H,21,23). The molecule has 1 aromatic carbocycles. The Morgan fingerprint density at radius 3 is 2.63 bits per heavy atom. The molecule has 2 heterocycles. The van der Waals surface area contributed by atoms with Crippen LogP contribution in [0.15, 0.2) is 47.5 Å². The third kappa shape index (κ3) is 4.58. The van der Waals surface area contributed by atoms with Gasteiger partial charge in [0.2, 0.25) is 10.0 Å². The molecule has 27 heavy (non-hydrogen) atoms. The number of carbonyl (C=O) groups excluding carboxylic acids is 1. The van der Waals surface area contributed by atoms with Gasteiger partial charge in [-0.25, -0.2) is 8.42 Å². The van der Waals surface area contributed by atoms with Gasteiger partial charge in [0.1, 0.15) is 10.6 Å². The molecule has 2 aromatic rings. The minimum absolute atomic E-state index is 0.0984. The summed E-state index contributed by atoms with van der Waals surface area (Å²) in [4.78, 5) is 15.5. The van der Waals surface area contributed by atoms with Crippen molar-refractivity contribution in [3.63, 3.8) is 0 Å². The number of aromatic nitrogens is 1. The summed E-state index contributed by atoms with van der Waals surface area (Å²) in [5.74, 6) is -0.319. The van der Waals surface area contributed by atoms with Crippen LogP contribution >= 0.6 is 0 Å². The van der Waals surface area contributed by atoms with Crippen LogP contribution in [0.4, 0.5) is 0 Å². The minimum atomic E-state index is -3.62. The summed E-state index contributed by atoms with van der Waals surface area (Å²) in [7, 11) is -3.62. The second kappa shape index (κ2) is 8.69. The number of morpholine rings is 1. The fourth-order valence-corrected chi connectivity index (χ4v) is 4.53. The smallest absolute Gasteiger partial charge is 0.268 e. The summed E-state index contributed by atoms with van der Waals surface area (Å²) in [6.07, 6.45) is 3.09. The first kappa shape index (κ1) is 19.6. The number of amides is 1. The molecule has 146 valence electrons. The average molecular weight is 391 g/mol. The predicted octanol–water partition coefficient (Wildman–Crippen LogP) is 2.31. The molecular weight excluding hydrogens is 366 g/mol. The lowest BCUT2D eigenvalue weighted by Crippen LogP contribution is -2.40. The highest BCUT2D eigenvalue weighted by Gasteiger charge is 2.28. The van der Waals surface area contributed by atoms with E-state index in [9.17, 15) is 13.2 Å². The second-order valence-electron chi connectivity index (χ2n) is 6.49. The topological polar surface area (TPSA) is 91.5 Å². The van der Waals surface area contributed by atoms with Crippen molar-refractivity contribution < 1.29 is 17.9 Å². The Labute approximate surface area is 159 Å². The molecule has 3 rings (SSSR count). The van der Waals surface area contributed by atoms with E-state index in [4.69, 9.17) is 4.74 Å². The van der Waals surface area contributed by atoms with E-state index < -0.39 is 10.0 Å². The Bertz CT molecular complexity index is 858. The highest BCUT2D eigenvalue weighted by atomic mass is 32.2. The Hall–Kier alpha value is -2.16. The number of hydrogen-bond donors (Lipinski definition) is 2. The number of aromatic amines is 1. The molecule has 1 aliphatic heterocycles. The molecule has 8 heteroatoms. The number of rotatable bonds is 7. The zero-order valence-electron chi connectivity index (χ0n) is 15.3. The lowest BCUT2D eigenvalue weighted by molar-refractivity contribution is 0.0730. The molecule has 2 N–H and O–H groups in total. The maximum absolute atomic E-state index is 12.7. The molecule has 0 saturated carbocycles. The first-order chi connectivity index (χ1) is 13.0. The van der Waals surface area contributed by atoms with Gasteiger partial charge in [-0.05, 0) is 18.1 Å². The third-order valence-corrected chi connectivity index (χ3v) is 6.47. The van der Waals surface area contributed by atoms with Crippen LogP contribution < -0.4 is 5.32 Å². The highest BCUT2D eigenvalue weighted by molar-refractivity contribution is 7.89. The molecule has 1 saturated heterocycles. The van der Waals surface area contributed by atoms with Crippen LogP contribution in [0.2, 0.25) is 0 Å². The van der Waals surface area contributed by atoms with Crippen LogP contribution in [-0.4, -0.2) is 49.9 Å². The zero-order valence-corrected chi connectivity index (χ0v) is 16.2. The van der Waals surface area contributed by atoms with Crippen LogP contribution in [0, 0.1) is 0 Å². The monoisotopic (exact) mass is 391 g/mol. The first-order valence-corrected chi connectivity index (χ1v) is 10.6. The summed E-state index contributed by atoms with van der Waals surface area (Å²) >= 11 is 0. The molecule has 0 spiro atoms. The van der Waals surface area contributed by atoms with Crippen molar-refractivity contribution in [1.29, 1.82) is 0 Å². The fourth-order valence-electron chi connectivity index (χ4n) is 3.12. The van der Waals surface area contributed by atoms with E-state index in [1.165, 1.54) is 16.6 Å². The quantitative estimate of drug-likeness (QED) is 0.758. The van der Waals surface area contributed by atoms with E-state index >= 15 is 0 Å². The summed E-state index contributed by atoms with van der Waals surface area (Å²) in [5.41, 5.74) is 1.26. The Morgan fingerprint density at radius 2 is 1.96 bits per heavy atom. The van der Waals surface area contributed by atoms with Crippen molar-refractivity contribution in [2.24, 2.45) is 0 Å². The number of sulfonamides is 1. The summed E-state index contributed by atoms with van der Waals surface area (Å²) in [6, 6.07) is 11.0. The van der Waals surface area contributed by atoms with E-state index in [-0.39, 0.29) is 22.5 Å². The van der Waals surface area contributed by atoms with Gasteiger partial charge in [0.05, 0.1) is 19.3 Å². The Balaban J connectivity index is 1.74. The van der Waals surface area contributed by atoms with E-state index in [0.29, 0.717) is 26.3 Å². The zero-order chi connectivity index (χ0) is 19.3. The number of carbonyl (C=O) groups is 1. The number of nitrogens with one attached hydrogen (secondary N) is 2. The first-order valence-electron chi connectivity index (χ1n) is 9.14. The van der Waals surface area contributed by atoms with Crippen molar-refractivity contribution in [2.75, 3.05) is 26.3 Å². The summed E-state index contributed by atoms with van der Waals surface area (Å²) < 4.78 is 32.0. The highest BCUT2D eigenvalue weighted by Crippen LogP contribution is 2.21. The van der Waals surface area contributed by atoms with Gasteiger partial charge in [-0.3, -0.25) is 4.79 Å². The number of benzene rings is 1. The molecule has 1 unspecified atom stereocenters. The Morgan fingerprint density at radius 1 is 1.26 bits per heavy atom. The van der Waals surface area contributed by atoms with Crippen molar-refractivity contribution in [3.05, 3.63) is 53.9 Å². The van der Waals surface area contributed by atoms with Crippen LogP contribution in [0.3, 0.4) is 0 Å². The lowest BCUT2D eigenvalue weighted by atomic mass is 10.0. The number of ether oxygens (including phenoxy) is 1.